The smallest absolute Gasteiger partial charge is 0.0590 e. The normalized spacial score (nSPS) is 14.8. The summed E-state index contributed by atoms with van der Waals surface area (Å²) in [6.45, 7) is 11.3. The molecule has 0 bridgehead atoms. The lowest BCUT2D eigenvalue weighted by atomic mass is 9.94. The van der Waals surface area contributed by atoms with E-state index in [0.717, 1.165) is 12.1 Å². The molecule has 0 fully saturated rings. The van der Waals surface area contributed by atoms with Gasteiger partial charge in [-0.1, -0.05) is 46.3 Å². The first-order chi connectivity index (χ1) is 10.6. The van der Waals surface area contributed by atoms with Gasteiger partial charge in [0.15, 0.2) is 0 Å². The summed E-state index contributed by atoms with van der Waals surface area (Å²) in [7, 11) is 0. The zero-order chi connectivity index (χ0) is 16.1. The minimum absolute atomic E-state index is 0.563. The number of hydrogen-bond donors (Lipinski definition) is 0. The van der Waals surface area contributed by atoms with E-state index in [1.165, 1.54) is 35.7 Å². The Kier molecular flexibility index (Phi) is 5.82. The van der Waals surface area contributed by atoms with Crippen molar-refractivity contribution in [3.05, 3.63) is 35.8 Å². The topological polar surface area (TPSA) is 17.8 Å². The van der Waals surface area contributed by atoms with Gasteiger partial charge in [0.05, 0.1) is 5.52 Å². The van der Waals surface area contributed by atoms with Gasteiger partial charge in [-0.05, 0) is 38.2 Å². The maximum Gasteiger partial charge on any atom is 0.0590 e. The second-order valence-electron chi connectivity index (χ2n) is 6.34. The molecule has 2 atom stereocenters. The van der Waals surface area contributed by atoms with E-state index in [-0.39, 0.29) is 0 Å². The molecule has 2 heterocycles. The van der Waals surface area contributed by atoms with Crippen LogP contribution in [0.2, 0.25) is 0 Å². The fourth-order valence-corrected chi connectivity index (χ4v) is 3.50. The molecule has 0 saturated carbocycles. The number of rotatable bonds is 7. The van der Waals surface area contributed by atoms with Gasteiger partial charge >= 0.3 is 0 Å². The first-order valence-corrected chi connectivity index (χ1v) is 8.76. The highest BCUT2D eigenvalue weighted by atomic mass is 15.0. The number of aryl methyl sites for hydroxylation is 1. The summed E-state index contributed by atoms with van der Waals surface area (Å²) < 4.78 is 2.50. The third-order valence-corrected chi connectivity index (χ3v) is 4.69. The van der Waals surface area contributed by atoms with Crippen LogP contribution in [0.4, 0.5) is 0 Å². The van der Waals surface area contributed by atoms with Crippen LogP contribution in [0, 0.1) is 12.8 Å². The van der Waals surface area contributed by atoms with Gasteiger partial charge in [0.25, 0.3) is 0 Å². The fourth-order valence-electron chi connectivity index (χ4n) is 3.50. The van der Waals surface area contributed by atoms with E-state index < -0.39 is 0 Å². The molecule has 2 heteroatoms. The van der Waals surface area contributed by atoms with Crippen LogP contribution in [-0.2, 0) is 0 Å². The van der Waals surface area contributed by atoms with Gasteiger partial charge in [0.1, 0.15) is 0 Å². The van der Waals surface area contributed by atoms with E-state index in [1.54, 1.807) is 0 Å². The molecular weight excluding hydrogens is 268 g/mol. The molecule has 22 heavy (non-hydrogen) atoms. The van der Waals surface area contributed by atoms with E-state index in [4.69, 9.17) is 0 Å². The predicted octanol–water partition coefficient (Wildman–Crippen LogP) is 6.16. The van der Waals surface area contributed by atoms with Crippen molar-refractivity contribution in [1.82, 2.24) is 9.55 Å². The van der Waals surface area contributed by atoms with Gasteiger partial charge in [0, 0.05) is 35.1 Å². The van der Waals surface area contributed by atoms with Crippen molar-refractivity contribution in [2.24, 2.45) is 5.92 Å². The molecule has 0 N–H and O–H groups in total. The van der Waals surface area contributed by atoms with Crippen LogP contribution < -0.4 is 0 Å². The van der Waals surface area contributed by atoms with Gasteiger partial charge in [0.2, 0.25) is 0 Å². The van der Waals surface area contributed by atoms with Crippen molar-refractivity contribution in [2.45, 2.75) is 66.3 Å². The maximum atomic E-state index is 4.58. The first-order valence-electron chi connectivity index (χ1n) is 8.76. The van der Waals surface area contributed by atoms with Gasteiger partial charge in [-0.3, -0.25) is 4.98 Å². The molecule has 0 radical (unpaired) electrons. The molecule has 2 rings (SSSR count). The molecular formula is C20H30N2. The third-order valence-electron chi connectivity index (χ3n) is 4.69. The molecule has 0 saturated heterocycles. The third kappa shape index (κ3) is 3.26. The molecule has 0 aromatic carbocycles. The number of nitrogens with zero attached hydrogens (tertiary/aromatic N) is 2. The summed E-state index contributed by atoms with van der Waals surface area (Å²) >= 11 is 0. The molecule has 2 nitrogen and oxygen atoms in total. The standard InChI is InChI=1S/C20H30N2/c1-6-9-11-18-16(5)21-14-17-12-13-22(20(17)18)19(8-3)15(4)10-7-2/h9,11-15,19H,6-8,10H2,1-5H3/b11-9-. The van der Waals surface area contributed by atoms with Crippen LogP contribution in [0.25, 0.3) is 17.0 Å². The van der Waals surface area contributed by atoms with Crippen LogP contribution in [0.3, 0.4) is 0 Å². The lowest BCUT2D eigenvalue weighted by Crippen LogP contribution is -2.16. The van der Waals surface area contributed by atoms with Crippen molar-refractivity contribution in [1.29, 1.82) is 0 Å². The minimum Gasteiger partial charge on any atom is -0.344 e. The van der Waals surface area contributed by atoms with E-state index in [9.17, 15) is 0 Å². The minimum atomic E-state index is 0.563. The van der Waals surface area contributed by atoms with Crippen molar-refractivity contribution >= 4 is 17.0 Å². The summed E-state index contributed by atoms with van der Waals surface area (Å²) in [6, 6.07) is 2.78. The molecule has 0 aliphatic carbocycles. The Morgan fingerprint density at radius 2 is 2.05 bits per heavy atom. The Morgan fingerprint density at radius 3 is 2.68 bits per heavy atom. The Bertz CT molecular complexity index is 636. The number of fused-ring (bicyclic) bond motifs is 1. The number of pyridine rings is 1. The number of hydrogen-bond acceptors (Lipinski definition) is 1. The van der Waals surface area contributed by atoms with Crippen LogP contribution in [0.5, 0.6) is 0 Å². The molecule has 2 aromatic heterocycles. The summed E-state index contributed by atoms with van der Waals surface area (Å²) in [5.74, 6) is 0.696. The van der Waals surface area contributed by atoms with Gasteiger partial charge in [-0.25, -0.2) is 0 Å². The maximum absolute atomic E-state index is 4.58. The average Bonchev–Trinajstić information content (AvgIpc) is 2.91. The summed E-state index contributed by atoms with van der Waals surface area (Å²) in [4.78, 5) is 4.58. The van der Waals surface area contributed by atoms with Crippen LogP contribution in [0.15, 0.2) is 24.5 Å². The summed E-state index contributed by atoms with van der Waals surface area (Å²) in [5.41, 5.74) is 3.76. The van der Waals surface area contributed by atoms with Crippen LogP contribution >= 0.6 is 0 Å². The van der Waals surface area contributed by atoms with E-state index in [2.05, 4.69) is 68.6 Å². The van der Waals surface area contributed by atoms with Gasteiger partial charge in [-0.15, -0.1) is 0 Å². The zero-order valence-electron chi connectivity index (χ0n) is 14.8. The van der Waals surface area contributed by atoms with Crippen molar-refractivity contribution in [3.8, 4) is 0 Å². The SMILES string of the molecule is CC/C=C\c1c(C)ncc2ccn(C(CC)C(C)CCC)c12. The zero-order valence-corrected chi connectivity index (χ0v) is 14.8. The second-order valence-corrected chi connectivity index (χ2v) is 6.34. The monoisotopic (exact) mass is 298 g/mol. The molecule has 0 spiro atoms. The quantitative estimate of drug-likeness (QED) is 0.599. The molecule has 2 aromatic rings. The lowest BCUT2D eigenvalue weighted by molar-refractivity contribution is 0.329. The molecule has 0 amide bonds. The summed E-state index contributed by atoms with van der Waals surface area (Å²) in [6.07, 6.45) is 13.5. The average molecular weight is 298 g/mol. The first kappa shape index (κ1) is 16.8. The largest absolute Gasteiger partial charge is 0.344 e. The lowest BCUT2D eigenvalue weighted by Gasteiger charge is -2.26. The van der Waals surface area contributed by atoms with Crippen molar-refractivity contribution in [3.63, 3.8) is 0 Å². The van der Waals surface area contributed by atoms with E-state index in [1.807, 2.05) is 6.20 Å². The molecule has 0 aliphatic rings. The Balaban J connectivity index is 2.58. The number of allylic oxidation sites excluding steroid dienone is 1. The van der Waals surface area contributed by atoms with Crippen LogP contribution in [-0.4, -0.2) is 9.55 Å². The summed E-state index contributed by atoms with van der Waals surface area (Å²) in [5, 5.41) is 1.25. The van der Waals surface area contributed by atoms with Gasteiger partial charge < -0.3 is 4.57 Å². The number of aromatic nitrogens is 2. The predicted molar refractivity (Wildman–Crippen MR) is 97.2 cm³/mol. The van der Waals surface area contributed by atoms with Crippen LogP contribution in [0.1, 0.15) is 70.7 Å². The molecule has 120 valence electrons. The highest BCUT2D eigenvalue weighted by molar-refractivity contribution is 5.88. The van der Waals surface area contributed by atoms with Crippen molar-refractivity contribution < 1.29 is 0 Å². The van der Waals surface area contributed by atoms with E-state index in [0.29, 0.717) is 12.0 Å². The van der Waals surface area contributed by atoms with E-state index >= 15 is 0 Å². The molecule has 0 aliphatic heterocycles. The van der Waals surface area contributed by atoms with Gasteiger partial charge in [-0.2, -0.15) is 0 Å². The van der Waals surface area contributed by atoms with Crippen molar-refractivity contribution in [2.75, 3.05) is 0 Å². The Labute approximate surface area is 135 Å². The highest BCUT2D eigenvalue weighted by Crippen LogP contribution is 2.32. The highest BCUT2D eigenvalue weighted by Gasteiger charge is 2.19. The molecule has 2 unspecified atom stereocenters. The Hall–Kier alpha value is -1.57. The fraction of sp³-hybridized carbons (Fsp3) is 0.550. The Morgan fingerprint density at radius 1 is 1.27 bits per heavy atom. The second kappa shape index (κ2) is 7.62.